The average molecular weight is 504 g/mol. The van der Waals surface area contributed by atoms with Crippen molar-refractivity contribution in [1.82, 2.24) is 15.1 Å². The van der Waals surface area contributed by atoms with E-state index < -0.39 is 23.9 Å². The van der Waals surface area contributed by atoms with E-state index in [1.165, 1.54) is 34.1 Å². The van der Waals surface area contributed by atoms with Gasteiger partial charge in [-0.2, -0.15) is 0 Å². The molecule has 0 aromatic heterocycles. The van der Waals surface area contributed by atoms with Crippen molar-refractivity contribution in [2.45, 2.75) is 25.0 Å². The van der Waals surface area contributed by atoms with Crippen molar-refractivity contribution in [3.05, 3.63) is 59.4 Å². The van der Waals surface area contributed by atoms with Crippen molar-refractivity contribution in [1.29, 1.82) is 0 Å². The molecule has 2 atom stereocenters. The SMILES string of the molecule is O=C(NCC1CCCO1)C1CN(C(=O)Nc2ccc(F)cc2)CCN1C(=O)Nc1ccc(Cl)cc1. The van der Waals surface area contributed by atoms with Gasteiger partial charge < -0.3 is 30.5 Å². The third kappa shape index (κ3) is 6.61. The highest BCUT2D eigenvalue weighted by molar-refractivity contribution is 6.30. The van der Waals surface area contributed by atoms with Gasteiger partial charge >= 0.3 is 12.1 Å². The first-order valence-electron chi connectivity index (χ1n) is 11.4. The van der Waals surface area contributed by atoms with Crippen LogP contribution in [0.25, 0.3) is 0 Å². The van der Waals surface area contributed by atoms with Crippen molar-refractivity contribution >= 4 is 40.9 Å². The Bertz CT molecular complexity index is 1050. The Morgan fingerprint density at radius 2 is 1.63 bits per heavy atom. The van der Waals surface area contributed by atoms with Gasteiger partial charge in [-0.25, -0.2) is 14.0 Å². The molecule has 3 N–H and O–H groups in total. The molecule has 2 aliphatic rings. The topological polar surface area (TPSA) is 103 Å². The summed E-state index contributed by atoms with van der Waals surface area (Å²) in [5.74, 6) is -0.780. The lowest BCUT2D eigenvalue weighted by Crippen LogP contribution is -2.63. The number of ether oxygens (including phenoxy) is 1. The number of hydrogen-bond acceptors (Lipinski definition) is 4. The van der Waals surface area contributed by atoms with Crippen LogP contribution in [0.5, 0.6) is 0 Å². The summed E-state index contributed by atoms with van der Waals surface area (Å²) in [6.07, 6.45) is 1.74. The second kappa shape index (κ2) is 11.4. The van der Waals surface area contributed by atoms with Crippen LogP contribution in [-0.2, 0) is 9.53 Å². The van der Waals surface area contributed by atoms with Gasteiger partial charge in [0.2, 0.25) is 5.91 Å². The van der Waals surface area contributed by atoms with Gasteiger partial charge in [0.05, 0.1) is 12.6 Å². The second-order valence-corrected chi connectivity index (χ2v) is 8.85. The number of nitrogens with zero attached hydrogens (tertiary/aromatic N) is 2. The summed E-state index contributed by atoms with van der Waals surface area (Å²) in [6, 6.07) is 10.2. The monoisotopic (exact) mass is 503 g/mol. The smallest absolute Gasteiger partial charge is 0.322 e. The lowest BCUT2D eigenvalue weighted by molar-refractivity contribution is -0.127. The van der Waals surface area contributed by atoms with Gasteiger partial charge in [-0.1, -0.05) is 11.6 Å². The van der Waals surface area contributed by atoms with Crippen LogP contribution >= 0.6 is 11.6 Å². The Kier molecular flexibility index (Phi) is 8.04. The van der Waals surface area contributed by atoms with Crippen LogP contribution in [0.1, 0.15) is 12.8 Å². The summed E-state index contributed by atoms with van der Waals surface area (Å²) in [4.78, 5) is 41.9. The molecule has 2 saturated heterocycles. The van der Waals surface area contributed by atoms with Crippen molar-refractivity contribution < 1.29 is 23.5 Å². The van der Waals surface area contributed by atoms with Crippen LogP contribution in [0.15, 0.2) is 48.5 Å². The van der Waals surface area contributed by atoms with E-state index in [0.29, 0.717) is 29.5 Å². The van der Waals surface area contributed by atoms with Crippen LogP contribution in [0.2, 0.25) is 5.02 Å². The number of halogens is 2. The molecule has 4 rings (SSSR count). The average Bonchev–Trinajstić information content (AvgIpc) is 3.39. The molecule has 11 heteroatoms. The molecule has 2 aliphatic heterocycles. The van der Waals surface area contributed by atoms with Gasteiger partial charge in [0.15, 0.2) is 0 Å². The van der Waals surface area contributed by atoms with Gasteiger partial charge in [0.25, 0.3) is 0 Å². The number of nitrogens with one attached hydrogen (secondary N) is 3. The first kappa shape index (κ1) is 24.7. The largest absolute Gasteiger partial charge is 0.376 e. The molecule has 2 unspecified atom stereocenters. The van der Waals surface area contributed by atoms with Gasteiger partial charge in [-0.05, 0) is 61.4 Å². The number of urea groups is 2. The maximum Gasteiger partial charge on any atom is 0.322 e. The van der Waals surface area contributed by atoms with Crippen LogP contribution in [0.4, 0.5) is 25.4 Å². The highest BCUT2D eigenvalue weighted by Crippen LogP contribution is 2.18. The first-order chi connectivity index (χ1) is 16.9. The molecule has 0 radical (unpaired) electrons. The molecular weight excluding hydrogens is 477 g/mol. The Balaban J connectivity index is 1.44. The van der Waals surface area contributed by atoms with E-state index in [2.05, 4.69) is 16.0 Å². The Morgan fingerprint density at radius 1 is 0.971 bits per heavy atom. The van der Waals surface area contributed by atoms with E-state index in [4.69, 9.17) is 16.3 Å². The lowest BCUT2D eigenvalue weighted by atomic mass is 10.1. The molecule has 2 aromatic rings. The summed E-state index contributed by atoms with van der Waals surface area (Å²) in [5, 5.41) is 8.88. The number of carbonyl (C=O) groups excluding carboxylic acids is 3. The number of piperazine rings is 1. The number of rotatable bonds is 5. The molecule has 2 heterocycles. The van der Waals surface area contributed by atoms with E-state index in [1.54, 1.807) is 24.3 Å². The molecular formula is C24H27ClFN5O4. The van der Waals surface area contributed by atoms with Gasteiger partial charge in [-0.15, -0.1) is 0 Å². The van der Waals surface area contributed by atoms with Crippen molar-refractivity contribution in [2.24, 2.45) is 0 Å². The van der Waals surface area contributed by atoms with Crippen LogP contribution in [0.3, 0.4) is 0 Å². The van der Waals surface area contributed by atoms with Crippen molar-refractivity contribution in [3.63, 3.8) is 0 Å². The van der Waals surface area contributed by atoms with E-state index >= 15 is 0 Å². The zero-order chi connectivity index (χ0) is 24.8. The Labute approximate surface area is 207 Å². The Morgan fingerprint density at radius 3 is 2.29 bits per heavy atom. The standard InChI is InChI=1S/C24H27ClFN5O4/c25-16-3-7-18(8-4-16)29-24(34)31-12-11-30(23(33)28-19-9-5-17(26)6-10-19)15-21(31)22(32)27-14-20-2-1-13-35-20/h3-10,20-21H,1-2,11-15H2,(H,27,32)(H,28,33)(H,29,34). The highest BCUT2D eigenvalue weighted by atomic mass is 35.5. The summed E-state index contributed by atoms with van der Waals surface area (Å²) in [5.41, 5.74) is 0.966. The minimum Gasteiger partial charge on any atom is -0.376 e. The maximum atomic E-state index is 13.2. The van der Waals surface area contributed by atoms with E-state index in [1.807, 2.05) is 0 Å². The molecule has 35 heavy (non-hydrogen) atoms. The van der Waals surface area contributed by atoms with Crippen LogP contribution in [0, 0.1) is 5.82 Å². The number of benzene rings is 2. The number of hydrogen-bond donors (Lipinski definition) is 3. The molecule has 9 nitrogen and oxygen atoms in total. The number of amides is 5. The van der Waals surface area contributed by atoms with Gasteiger partial charge in [0, 0.05) is 42.6 Å². The minimum atomic E-state index is -0.906. The zero-order valence-corrected chi connectivity index (χ0v) is 19.8. The minimum absolute atomic E-state index is 0.00156. The molecule has 0 aliphatic carbocycles. The third-order valence-electron chi connectivity index (χ3n) is 5.95. The number of anilines is 2. The predicted octanol–water partition coefficient (Wildman–Crippen LogP) is 3.52. The summed E-state index contributed by atoms with van der Waals surface area (Å²) < 4.78 is 18.7. The van der Waals surface area contributed by atoms with Crippen LogP contribution in [-0.4, -0.2) is 72.7 Å². The molecule has 186 valence electrons. The lowest BCUT2D eigenvalue weighted by Gasteiger charge is -2.40. The van der Waals surface area contributed by atoms with Gasteiger partial charge in [-0.3, -0.25) is 4.79 Å². The molecule has 0 bridgehead atoms. The maximum absolute atomic E-state index is 13.2. The summed E-state index contributed by atoms with van der Waals surface area (Å²) in [6.45, 7) is 1.37. The van der Waals surface area contributed by atoms with Crippen LogP contribution < -0.4 is 16.0 Å². The summed E-state index contributed by atoms with van der Waals surface area (Å²) >= 11 is 5.91. The highest BCUT2D eigenvalue weighted by Gasteiger charge is 2.37. The summed E-state index contributed by atoms with van der Waals surface area (Å²) in [7, 11) is 0. The fraction of sp³-hybridized carbons (Fsp3) is 0.375. The first-order valence-corrected chi connectivity index (χ1v) is 11.8. The van der Waals surface area contributed by atoms with E-state index in [9.17, 15) is 18.8 Å². The quantitative estimate of drug-likeness (QED) is 0.581. The molecule has 0 spiro atoms. The molecule has 2 fully saturated rings. The fourth-order valence-electron chi connectivity index (χ4n) is 4.04. The normalized spacial score (nSPS) is 19.8. The Hall–Kier alpha value is -3.37. The fourth-order valence-corrected chi connectivity index (χ4v) is 4.16. The van der Waals surface area contributed by atoms with E-state index in [-0.39, 0.29) is 31.6 Å². The molecule has 0 saturated carbocycles. The van der Waals surface area contributed by atoms with E-state index in [0.717, 1.165) is 12.8 Å². The van der Waals surface area contributed by atoms with Crippen molar-refractivity contribution in [2.75, 3.05) is 43.4 Å². The third-order valence-corrected chi connectivity index (χ3v) is 6.20. The van der Waals surface area contributed by atoms with Crippen molar-refractivity contribution in [3.8, 4) is 0 Å². The molecule has 2 aromatic carbocycles. The van der Waals surface area contributed by atoms with Gasteiger partial charge in [0.1, 0.15) is 11.9 Å². The number of carbonyl (C=O) groups is 3. The zero-order valence-electron chi connectivity index (χ0n) is 19.0. The predicted molar refractivity (Wildman–Crippen MR) is 130 cm³/mol. The second-order valence-electron chi connectivity index (χ2n) is 8.41. The molecule has 5 amide bonds.